The summed E-state index contributed by atoms with van der Waals surface area (Å²) < 4.78 is 1.23. The molecule has 1 aromatic carbocycles. The van der Waals surface area contributed by atoms with E-state index in [1.165, 1.54) is 19.3 Å². The van der Waals surface area contributed by atoms with Gasteiger partial charge in [-0.15, -0.1) is 0 Å². The van der Waals surface area contributed by atoms with E-state index in [-0.39, 0.29) is 10.7 Å². The van der Waals surface area contributed by atoms with E-state index in [4.69, 9.17) is 0 Å². The molecule has 0 heterocycles. The molecular weight excluding hydrogens is 310 g/mol. The second-order valence-electron chi connectivity index (χ2n) is 4.88. The third kappa shape index (κ3) is 2.91. The summed E-state index contributed by atoms with van der Waals surface area (Å²) in [5.41, 5.74) is 1.78. The highest BCUT2D eigenvalue weighted by Crippen LogP contribution is 2.42. The quantitative estimate of drug-likeness (QED) is 0.911. The van der Waals surface area contributed by atoms with E-state index in [1.54, 1.807) is 0 Å². The summed E-state index contributed by atoms with van der Waals surface area (Å²) in [4.78, 5) is 12.2. The number of amides is 1. The molecule has 0 unspecified atom stereocenters. The summed E-state index contributed by atoms with van der Waals surface area (Å²) >= 11 is 5.29. The predicted octanol–water partition coefficient (Wildman–Crippen LogP) is 3.77. The lowest BCUT2D eigenvalue weighted by atomic mass is 9.84. The van der Waals surface area contributed by atoms with Crippen LogP contribution in [0.1, 0.15) is 35.2 Å². The lowest BCUT2D eigenvalue weighted by Gasteiger charge is -2.40. The first kappa shape index (κ1) is 13.9. The van der Waals surface area contributed by atoms with Crippen molar-refractivity contribution in [3.8, 4) is 0 Å². The third-order valence-corrected chi connectivity index (χ3v) is 5.63. The van der Waals surface area contributed by atoms with Gasteiger partial charge in [0, 0.05) is 21.3 Å². The fraction of sp³-hybridized carbons (Fsp3) is 0.500. The number of thioether (sulfide) groups is 1. The Morgan fingerprint density at radius 1 is 1.50 bits per heavy atom. The van der Waals surface area contributed by atoms with Crippen molar-refractivity contribution in [3.05, 3.63) is 33.8 Å². The van der Waals surface area contributed by atoms with Crippen molar-refractivity contribution in [1.82, 2.24) is 5.32 Å². The Kier molecular flexibility index (Phi) is 4.38. The standard InChI is InChI=1S/C14H18BrNOS/c1-10-4-5-11(15)8-12(10)13(17)16-9-14(18-2)6-3-7-14/h4-5,8H,3,6-7,9H2,1-2H3,(H,16,17). The van der Waals surface area contributed by atoms with Gasteiger partial charge >= 0.3 is 0 Å². The van der Waals surface area contributed by atoms with E-state index < -0.39 is 0 Å². The fourth-order valence-electron chi connectivity index (χ4n) is 2.20. The van der Waals surface area contributed by atoms with E-state index in [0.717, 1.165) is 22.1 Å². The van der Waals surface area contributed by atoms with Crippen molar-refractivity contribution in [2.24, 2.45) is 0 Å². The Hall–Kier alpha value is -0.480. The molecular formula is C14H18BrNOS. The Balaban J connectivity index is 2.01. The average Bonchev–Trinajstić information content (AvgIpc) is 2.31. The zero-order valence-electron chi connectivity index (χ0n) is 10.8. The summed E-state index contributed by atoms with van der Waals surface area (Å²) in [5.74, 6) is 0.0362. The van der Waals surface area contributed by atoms with E-state index in [0.29, 0.717) is 0 Å². The zero-order valence-corrected chi connectivity index (χ0v) is 13.2. The fourth-order valence-corrected chi connectivity index (χ4v) is 3.47. The minimum absolute atomic E-state index is 0.0362. The summed E-state index contributed by atoms with van der Waals surface area (Å²) in [6, 6.07) is 5.81. The van der Waals surface area contributed by atoms with E-state index >= 15 is 0 Å². The summed E-state index contributed by atoms with van der Waals surface area (Å²) in [5, 5.41) is 3.08. The van der Waals surface area contributed by atoms with Crippen molar-refractivity contribution in [2.45, 2.75) is 30.9 Å². The Morgan fingerprint density at radius 3 is 2.78 bits per heavy atom. The molecule has 0 aliphatic heterocycles. The SMILES string of the molecule is CSC1(CNC(=O)c2cc(Br)ccc2C)CCC1. The second-order valence-corrected chi connectivity index (χ2v) is 7.07. The van der Waals surface area contributed by atoms with Crippen molar-refractivity contribution >= 4 is 33.6 Å². The molecule has 0 saturated heterocycles. The smallest absolute Gasteiger partial charge is 0.251 e. The molecule has 1 aromatic rings. The molecule has 1 aliphatic carbocycles. The van der Waals surface area contributed by atoms with Crippen LogP contribution in [0.15, 0.2) is 22.7 Å². The Morgan fingerprint density at radius 2 is 2.22 bits per heavy atom. The van der Waals surface area contributed by atoms with Gasteiger partial charge in [-0.2, -0.15) is 11.8 Å². The third-order valence-electron chi connectivity index (χ3n) is 3.71. The molecule has 0 bridgehead atoms. The molecule has 1 fully saturated rings. The zero-order chi connectivity index (χ0) is 13.2. The van der Waals surface area contributed by atoms with Crippen LogP contribution in [-0.2, 0) is 0 Å². The first-order valence-electron chi connectivity index (χ1n) is 6.16. The Labute approximate surface area is 121 Å². The van der Waals surface area contributed by atoms with Crippen molar-refractivity contribution in [2.75, 3.05) is 12.8 Å². The number of hydrogen-bond donors (Lipinski definition) is 1. The molecule has 1 saturated carbocycles. The van der Waals surface area contributed by atoms with Crippen LogP contribution in [0.2, 0.25) is 0 Å². The molecule has 1 amide bonds. The molecule has 2 rings (SSSR count). The summed E-state index contributed by atoms with van der Waals surface area (Å²) in [7, 11) is 0. The van der Waals surface area contributed by atoms with Gasteiger partial charge in [0.1, 0.15) is 0 Å². The maximum Gasteiger partial charge on any atom is 0.251 e. The molecule has 0 aromatic heterocycles. The Bertz CT molecular complexity index is 452. The maximum absolute atomic E-state index is 12.2. The molecule has 0 spiro atoms. The van der Waals surface area contributed by atoms with Crippen molar-refractivity contribution < 1.29 is 4.79 Å². The lowest BCUT2D eigenvalue weighted by molar-refractivity contribution is 0.0943. The van der Waals surface area contributed by atoms with E-state index in [2.05, 4.69) is 27.5 Å². The van der Waals surface area contributed by atoms with Crippen LogP contribution >= 0.6 is 27.7 Å². The van der Waals surface area contributed by atoms with Gasteiger partial charge in [0.25, 0.3) is 5.91 Å². The number of aryl methyl sites for hydroxylation is 1. The minimum atomic E-state index is 0.0362. The van der Waals surface area contributed by atoms with Crippen LogP contribution < -0.4 is 5.32 Å². The van der Waals surface area contributed by atoms with Crippen LogP contribution in [-0.4, -0.2) is 23.5 Å². The predicted molar refractivity (Wildman–Crippen MR) is 81.3 cm³/mol. The number of hydrogen-bond acceptors (Lipinski definition) is 2. The highest BCUT2D eigenvalue weighted by molar-refractivity contribution is 9.10. The number of carbonyl (C=O) groups excluding carboxylic acids is 1. The molecule has 0 atom stereocenters. The minimum Gasteiger partial charge on any atom is -0.351 e. The number of nitrogens with one attached hydrogen (secondary N) is 1. The number of rotatable bonds is 4. The summed E-state index contributed by atoms with van der Waals surface area (Å²) in [6.07, 6.45) is 5.85. The van der Waals surface area contributed by atoms with E-state index in [9.17, 15) is 4.79 Å². The monoisotopic (exact) mass is 327 g/mol. The van der Waals surface area contributed by atoms with Crippen LogP contribution in [0.4, 0.5) is 0 Å². The number of halogens is 1. The second kappa shape index (κ2) is 5.66. The highest BCUT2D eigenvalue weighted by atomic mass is 79.9. The van der Waals surface area contributed by atoms with E-state index in [1.807, 2.05) is 36.9 Å². The van der Waals surface area contributed by atoms with Crippen LogP contribution in [0.5, 0.6) is 0 Å². The van der Waals surface area contributed by atoms with Crippen molar-refractivity contribution in [3.63, 3.8) is 0 Å². The van der Waals surface area contributed by atoms with Gasteiger partial charge in [-0.3, -0.25) is 4.79 Å². The molecule has 98 valence electrons. The van der Waals surface area contributed by atoms with Crippen LogP contribution in [0.3, 0.4) is 0 Å². The average molecular weight is 328 g/mol. The topological polar surface area (TPSA) is 29.1 Å². The number of benzene rings is 1. The van der Waals surface area contributed by atoms with Gasteiger partial charge in [-0.05, 0) is 43.7 Å². The maximum atomic E-state index is 12.2. The first-order chi connectivity index (χ1) is 8.56. The molecule has 1 N–H and O–H groups in total. The largest absolute Gasteiger partial charge is 0.351 e. The first-order valence-corrected chi connectivity index (χ1v) is 8.18. The lowest BCUT2D eigenvalue weighted by Crippen LogP contribution is -2.45. The van der Waals surface area contributed by atoms with Crippen LogP contribution in [0.25, 0.3) is 0 Å². The summed E-state index contributed by atoms with van der Waals surface area (Å²) in [6.45, 7) is 2.74. The van der Waals surface area contributed by atoms with Gasteiger partial charge in [0.05, 0.1) is 0 Å². The van der Waals surface area contributed by atoms with Gasteiger partial charge in [0.2, 0.25) is 0 Å². The van der Waals surface area contributed by atoms with Gasteiger partial charge < -0.3 is 5.32 Å². The van der Waals surface area contributed by atoms with Crippen LogP contribution in [0, 0.1) is 6.92 Å². The molecule has 4 heteroatoms. The normalized spacial score (nSPS) is 17.1. The van der Waals surface area contributed by atoms with Gasteiger partial charge in [0.15, 0.2) is 0 Å². The number of carbonyl (C=O) groups is 1. The molecule has 0 radical (unpaired) electrons. The molecule has 18 heavy (non-hydrogen) atoms. The molecule has 2 nitrogen and oxygen atoms in total. The van der Waals surface area contributed by atoms with Gasteiger partial charge in [-0.25, -0.2) is 0 Å². The highest BCUT2D eigenvalue weighted by Gasteiger charge is 2.36. The van der Waals surface area contributed by atoms with Gasteiger partial charge in [-0.1, -0.05) is 28.4 Å². The van der Waals surface area contributed by atoms with Crippen molar-refractivity contribution in [1.29, 1.82) is 0 Å². The molecule has 1 aliphatic rings.